The van der Waals surface area contributed by atoms with Crippen molar-refractivity contribution in [3.05, 3.63) is 59.9 Å². The number of benzene rings is 1. The molecule has 1 aromatic heterocycles. The molecule has 5 nitrogen and oxygen atoms in total. The SMILES string of the molecule is COc1ccccc1CCC(=O)N1C[C@@H](Cc2ccncc2)[C@@H](O)C1. The summed E-state index contributed by atoms with van der Waals surface area (Å²) in [6.07, 6.45) is 4.88. The molecular formula is C20H24N2O3. The Kier molecular flexibility index (Phi) is 5.66. The first-order valence-electron chi connectivity index (χ1n) is 8.64. The van der Waals surface area contributed by atoms with Crippen LogP contribution < -0.4 is 4.74 Å². The fourth-order valence-electron chi connectivity index (χ4n) is 3.39. The predicted octanol–water partition coefficient (Wildman–Crippen LogP) is 2.08. The first-order chi connectivity index (χ1) is 12.2. The zero-order valence-corrected chi connectivity index (χ0v) is 14.5. The molecule has 2 heterocycles. The highest BCUT2D eigenvalue weighted by Crippen LogP contribution is 2.23. The van der Waals surface area contributed by atoms with Gasteiger partial charge in [0.05, 0.1) is 13.2 Å². The van der Waals surface area contributed by atoms with Gasteiger partial charge < -0.3 is 14.7 Å². The van der Waals surface area contributed by atoms with Crippen molar-refractivity contribution >= 4 is 5.91 Å². The van der Waals surface area contributed by atoms with Crippen molar-refractivity contribution in [2.75, 3.05) is 20.2 Å². The summed E-state index contributed by atoms with van der Waals surface area (Å²) in [7, 11) is 1.64. The number of aliphatic hydroxyl groups excluding tert-OH is 1. The lowest BCUT2D eigenvalue weighted by molar-refractivity contribution is -0.130. The number of nitrogens with zero attached hydrogens (tertiary/aromatic N) is 2. The van der Waals surface area contributed by atoms with E-state index in [1.807, 2.05) is 36.4 Å². The highest BCUT2D eigenvalue weighted by Gasteiger charge is 2.33. The van der Waals surface area contributed by atoms with E-state index in [1.165, 1.54) is 0 Å². The van der Waals surface area contributed by atoms with Gasteiger partial charge in [-0.3, -0.25) is 9.78 Å². The van der Waals surface area contributed by atoms with Gasteiger partial charge in [-0.1, -0.05) is 18.2 Å². The minimum atomic E-state index is -0.469. The van der Waals surface area contributed by atoms with E-state index in [4.69, 9.17) is 4.74 Å². The first kappa shape index (κ1) is 17.4. The maximum absolute atomic E-state index is 12.5. The lowest BCUT2D eigenvalue weighted by atomic mass is 9.97. The zero-order valence-electron chi connectivity index (χ0n) is 14.5. The summed E-state index contributed by atoms with van der Waals surface area (Å²) in [5.74, 6) is 0.979. The fraction of sp³-hybridized carbons (Fsp3) is 0.400. The largest absolute Gasteiger partial charge is 0.496 e. The topological polar surface area (TPSA) is 62.7 Å². The summed E-state index contributed by atoms with van der Waals surface area (Å²) >= 11 is 0. The van der Waals surface area contributed by atoms with Crippen LogP contribution in [0.3, 0.4) is 0 Å². The average molecular weight is 340 g/mol. The van der Waals surface area contributed by atoms with Gasteiger partial charge in [0.1, 0.15) is 5.75 Å². The third kappa shape index (κ3) is 4.37. The van der Waals surface area contributed by atoms with E-state index in [1.54, 1.807) is 24.4 Å². The molecule has 0 radical (unpaired) electrons. The number of amides is 1. The van der Waals surface area contributed by atoms with Crippen LogP contribution in [-0.4, -0.2) is 47.2 Å². The molecule has 132 valence electrons. The summed E-state index contributed by atoms with van der Waals surface area (Å²) < 4.78 is 5.33. The van der Waals surface area contributed by atoms with E-state index >= 15 is 0 Å². The van der Waals surface area contributed by atoms with Crippen LogP contribution in [0.25, 0.3) is 0 Å². The Balaban J connectivity index is 1.54. The second-order valence-corrected chi connectivity index (χ2v) is 6.50. The Morgan fingerprint density at radius 1 is 1.24 bits per heavy atom. The lowest BCUT2D eigenvalue weighted by Gasteiger charge is -2.16. The number of hydrogen-bond acceptors (Lipinski definition) is 4. The number of aromatic nitrogens is 1. The van der Waals surface area contributed by atoms with Crippen molar-refractivity contribution in [1.29, 1.82) is 0 Å². The molecule has 1 amide bonds. The van der Waals surface area contributed by atoms with E-state index < -0.39 is 6.10 Å². The number of β-amino-alcohol motifs (C(OH)–C–C–N with tert-alkyl or cyclic N) is 1. The predicted molar refractivity (Wildman–Crippen MR) is 95.3 cm³/mol. The van der Waals surface area contributed by atoms with E-state index in [-0.39, 0.29) is 11.8 Å². The minimum Gasteiger partial charge on any atom is -0.496 e. The third-order valence-corrected chi connectivity index (χ3v) is 4.81. The number of rotatable bonds is 6. The Morgan fingerprint density at radius 3 is 2.76 bits per heavy atom. The van der Waals surface area contributed by atoms with Crippen LogP contribution in [0.4, 0.5) is 0 Å². The quantitative estimate of drug-likeness (QED) is 0.875. The molecule has 1 saturated heterocycles. The van der Waals surface area contributed by atoms with Crippen molar-refractivity contribution < 1.29 is 14.6 Å². The maximum Gasteiger partial charge on any atom is 0.223 e. The van der Waals surface area contributed by atoms with Gasteiger partial charge in [0, 0.05) is 37.8 Å². The summed E-state index contributed by atoms with van der Waals surface area (Å²) in [5, 5.41) is 10.3. The smallest absolute Gasteiger partial charge is 0.223 e. The summed E-state index contributed by atoms with van der Waals surface area (Å²) in [6, 6.07) is 11.7. The first-order valence-corrected chi connectivity index (χ1v) is 8.64. The van der Waals surface area contributed by atoms with Gasteiger partial charge in [-0.25, -0.2) is 0 Å². The molecule has 2 atom stereocenters. The molecule has 2 aromatic rings. The van der Waals surface area contributed by atoms with E-state index in [0.29, 0.717) is 25.9 Å². The van der Waals surface area contributed by atoms with Gasteiger partial charge in [0.2, 0.25) is 5.91 Å². The number of carbonyl (C=O) groups is 1. The van der Waals surface area contributed by atoms with Crippen molar-refractivity contribution in [2.24, 2.45) is 5.92 Å². The zero-order chi connectivity index (χ0) is 17.6. The van der Waals surface area contributed by atoms with Crippen LogP contribution in [0.2, 0.25) is 0 Å². The summed E-state index contributed by atoms with van der Waals surface area (Å²) in [6.45, 7) is 1.02. The molecule has 0 saturated carbocycles. The number of aliphatic hydroxyl groups is 1. The van der Waals surface area contributed by atoms with E-state index in [9.17, 15) is 9.90 Å². The Bertz CT molecular complexity index is 705. The monoisotopic (exact) mass is 340 g/mol. The van der Waals surface area contributed by atoms with Crippen molar-refractivity contribution in [1.82, 2.24) is 9.88 Å². The van der Waals surface area contributed by atoms with Crippen molar-refractivity contribution in [3.63, 3.8) is 0 Å². The van der Waals surface area contributed by atoms with Crippen LogP contribution in [0.1, 0.15) is 17.5 Å². The fourth-order valence-corrected chi connectivity index (χ4v) is 3.39. The van der Waals surface area contributed by atoms with Gasteiger partial charge >= 0.3 is 0 Å². The average Bonchev–Trinajstić information content (AvgIpc) is 3.01. The molecule has 3 rings (SSSR count). The van der Waals surface area contributed by atoms with Crippen LogP contribution in [0.15, 0.2) is 48.8 Å². The molecule has 0 aliphatic carbocycles. The number of para-hydroxylation sites is 1. The van der Waals surface area contributed by atoms with Gasteiger partial charge in [-0.15, -0.1) is 0 Å². The molecule has 0 spiro atoms. The van der Waals surface area contributed by atoms with E-state index in [2.05, 4.69) is 4.98 Å². The highest BCUT2D eigenvalue weighted by molar-refractivity contribution is 5.77. The lowest BCUT2D eigenvalue weighted by Crippen LogP contribution is -2.29. The molecule has 0 unspecified atom stereocenters. The van der Waals surface area contributed by atoms with Crippen LogP contribution in [0.5, 0.6) is 5.75 Å². The number of methoxy groups -OCH3 is 1. The van der Waals surface area contributed by atoms with Gasteiger partial charge in [-0.2, -0.15) is 0 Å². The second kappa shape index (κ2) is 8.12. The molecule has 5 heteroatoms. The molecule has 0 bridgehead atoms. The number of likely N-dealkylation sites (tertiary alicyclic amines) is 1. The number of hydrogen-bond donors (Lipinski definition) is 1. The summed E-state index contributed by atoms with van der Waals surface area (Å²) in [5.41, 5.74) is 2.17. The second-order valence-electron chi connectivity index (χ2n) is 6.50. The number of aryl methyl sites for hydroxylation is 1. The molecule has 1 aliphatic heterocycles. The van der Waals surface area contributed by atoms with Gasteiger partial charge in [0.25, 0.3) is 0 Å². The standard InChI is InChI=1S/C20H24N2O3/c1-25-19-5-3-2-4-16(19)6-7-20(24)22-13-17(18(23)14-22)12-15-8-10-21-11-9-15/h2-5,8-11,17-18,23H,6-7,12-14H2,1H3/t17-,18+/m1/s1. The summed E-state index contributed by atoms with van der Waals surface area (Å²) in [4.78, 5) is 18.3. The Hall–Kier alpha value is -2.40. The normalized spacial score (nSPS) is 19.8. The molecular weight excluding hydrogens is 316 g/mol. The van der Waals surface area contributed by atoms with Crippen LogP contribution in [0, 0.1) is 5.92 Å². The molecule has 1 N–H and O–H groups in total. The Morgan fingerprint density at radius 2 is 2.00 bits per heavy atom. The van der Waals surface area contributed by atoms with Crippen molar-refractivity contribution in [2.45, 2.75) is 25.4 Å². The van der Waals surface area contributed by atoms with Crippen LogP contribution in [-0.2, 0) is 17.6 Å². The maximum atomic E-state index is 12.5. The van der Waals surface area contributed by atoms with E-state index in [0.717, 1.165) is 23.3 Å². The van der Waals surface area contributed by atoms with Gasteiger partial charge in [-0.05, 0) is 42.2 Å². The minimum absolute atomic E-state index is 0.0811. The third-order valence-electron chi connectivity index (χ3n) is 4.81. The highest BCUT2D eigenvalue weighted by atomic mass is 16.5. The molecule has 1 aliphatic rings. The van der Waals surface area contributed by atoms with Crippen molar-refractivity contribution in [3.8, 4) is 5.75 Å². The van der Waals surface area contributed by atoms with Gasteiger partial charge in [0.15, 0.2) is 0 Å². The number of carbonyl (C=O) groups excluding carboxylic acids is 1. The molecule has 25 heavy (non-hydrogen) atoms. The Labute approximate surface area is 148 Å². The number of pyridine rings is 1. The molecule has 1 aromatic carbocycles. The molecule has 1 fully saturated rings. The number of ether oxygens (including phenoxy) is 1. The van der Waals surface area contributed by atoms with Crippen LogP contribution >= 0.6 is 0 Å².